The van der Waals surface area contributed by atoms with Crippen LogP contribution >= 0.6 is 0 Å². The maximum Gasteiger partial charge on any atom is 0.326 e. The Bertz CT molecular complexity index is 1890. The van der Waals surface area contributed by atoms with E-state index in [1.165, 1.54) is 0 Å². The first-order chi connectivity index (χ1) is 23.7. The number of carbonyl (C=O) groups is 4. The molecule has 256 valence electrons. The molecule has 0 aliphatic carbocycles. The van der Waals surface area contributed by atoms with Gasteiger partial charge in [0, 0.05) is 47.0 Å². The van der Waals surface area contributed by atoms with Gasteiger partial charge in [0.1, 0.15) is 18.1 Å². The fraction of sp³-hybridized carbons (Fsp3) is 0.297. The van der Waals surface area contributed by atoms with Crippen molar-refractivity contribution >= 4 is 45.5 Å². The second kappa shape index (κ2) is 16.6. The Balaban J connectivity index is 1.31. The number of aromatic nitrogens is 2. The number of nitrogens with one attached hydrogen (secondary N) is 5. The molecule has 3 aromatic carbocycles. The van der Waals surface area contributed by atoms with Crippen LogP contribution in [0.4, 0.5) is 0 Å². The van der Waals surface area contributed by atoms with Crippen molar-refractivity contribution in [1.82, 2.24) is 25.9 Å². The number of carboxylic acids is 1. The van der Waals surface area contributed by atoms with Gasteiger partial charge in [-0.15, -0.1) is 0 Å². The van der Waals surface area contributed by atoms with E-state index in [9.17, 15) is 24.3 Å². The minimum atomic E-state index is -1.25. The van der Waals surface area contributed by atoms with Gasteiger partial charge in [-0.3, -0.25) is 14.4 Å². The van der Waals surface area contributed by atoms with Gasteiger partial charge >= 0.3 is 5.97 Å². The third kappa shape index (κ3) is 9.12. The van der Waals surface area contributed by atoms with Crippen molar-refractivity contribution in [1.29, 1.82) is 0 Å². The van der Waals surface area contributed by atoms with Gasteiger partial charge in [-0.1, -0.05) is 66.7 Å². The number of carbonyl (C=O) groups excluding carboxylic acids is 3. The summed E-state index contributed by atoms with van der Waals surface area (Å²) in [5, 5.41) is 20.1. The highest BCUT2D eigenvalue weighted by Gasteiger charge is 2.31. The van der Waals surface area contributed by atoms with Crippen molar-refractivity contribution < 1.29 is 24.3 Å². The predicted octanol–water partition coefficient (Wildman–Crippen LogP) is 2.67. The first-order valence-corrected chi connectivity index (χ1v) is 16.5. The molecule has 0 spiro atoms. The van der Waals surface area contributed by atoms with Crippen LogP contribution in [0.2, 0.25) is 0 Å². The van der Waals surface area contributed by atoms with Crippen molar-refractivity contribution in [3.05, 3.63) is 108 Å². The Labute approximate surface area is 284 Å². The lowest BCUT2D eigenvalue weighted by atomic mass is 10.0. The molecule has 5 rings (SSSR count). The Hall–Kier alpha value is -5.46. The van der Waals surface area contributed by atoms with Gasteiger partial charge < -0.3 is 42.5 Å². The van der Waals surface area contributed by atoms with Crippen LogP contribution in [-0.4, -0.2) is 69.5 Å². The highest BCUT2D eigenvalue weighted by Crippen LogP contribution is 2.20. The van der Waals surface area contributed by atoms with Gasteiger partial charge in [0.2, 0.25) is 17.7 Å². The third-order valence-electron chi connectivity index (χ3n) is 8.66. The Morgan fingerprint density at radius 1 is 0.633 bits per heavy atom. The van der Waals surface area contributed by atoms with Crippen molar-refractivity contribution in [3.8, 4) is 0 Å². The van der Waals surface area contributed by atoms with Crippen molar-refractivity contribution in [2.45, 2.75) is 62.7 Å². The van der Waals surface area contributed by atoms with Crippen molar-refractivity contribution in [2.24, 2.45) is 11.5 Å². The summed E-state index contributed by atoms with van der Waals surface area (Å²) >= 11 is 0. The van der Waals surface area contributed by atoms with Crippen LogP contribution in [-0.2, 0) is 38.4 Å². The molecular formula is C37H43N7O5. The highest BCUT2D eigenvalue weighted by atomic mass is 16.4. The number of fused-ring (bicyclic) bond motifs is 2. The minimum absolute atomic E-state index is 0.0373. The number of carboxylic acid groups (broad SMARTS) is 1. The fourth-order valence-electron chi connectivity index (χ4n) is 5.99. The third-order valence-corrected chi connectivity index (χ3v) is 8.66. The van der Waals surface area contributed by atoms with Crippen LogP contribution in [0.1, 0.15) is 36.0 Å². The van der Waals surface area contributed by atoms with Crippen LogP contribution in [0.3, 0.4) is 0 Å². The quantitative estimate of drug-likeness (QED) is 0.0696. The second-order valence-electron chi connectivity index (χ2n) is 12.2. The average Bonchev–Trinajstić information content (AvgIpc) is 3.71. The average molecular weight is 666 g/mol. The molecule has 0 aliphatic heterocycles. The van der Waals surface area contributed by atoms with Crippen LogP contribution in [0.5, 0.6) is 0 Å². The van der Waals surface area contributed by atoms with Gasteiger partial charge in [-0.25, -0.2) is 4.79 Å². The maximum atomic E-state index is 13.9. The van der Waals surface area contributed by atoms with Crippen molar-refractivity contribution in [2.75, 3.05) is 6.54 Å². The van der Waals surface area contributed by atoms with E-state index >= 15 is 0 Å². The van der Waals surface area contributed by atoms with Crippen LogP contribution in [0.25, 0.3) is 21.8 Å². The summed E-state index contributed by atoms with van der Waals surface area (Å²) in [4.78, 5) is 59.5. The molecule has 0 saturated heterocycles. The number of aromatic amines is 2. The normalized spacial score (nSPS) is 13.8. The van der Waals surface area contributed by atoms with Crippen LogP contribution < -0.4 is 27.4 Å². The highest BCUT2D eigenvalue weighted by molar-refractivity contribution is 5.95. The van der Waals surface area contributed by atoms with Gasteiger partial charge in [0.05, 0.1) is 6.04 Å². The number of hydrogen-bond acceptors (Lipinski definition) is 6. The molecule has 4 atom stereocenters. The van der Waals surface area contributed by atoms with E-state index in [0.29, 0.717) is 19.4 Å². The minimum Gasteiger partial charge on any atom is -0.480 e. The summed E-state index contributed by atoms with van der Waals surface area (Å²) in [5.41, 5.74) is 16.2. The number of rotatable bonds is 17. The monoisotopic (exact) mass is 665 g/mol. The second-order valence-corrected chi connectivity index (χ2v) is 12.2. The summed E-state index contributed by atoms with van der Waals surface area (Å²) in [6, 6.07) is 20.1. The number of para-hydroxylation sites is 2. The molecule has 49 heavy (non-hydrogen) atoms. The molecule has 0 saturated carbocycles. The van der Waals surface area contributed by atoms with Crippen LogP contribution in [0.15, 0.2) is 91.3 Å². The molecule has 5 aromatic rings. The summed E-state index contributed by atoms with van der Waals surface area (Å²) < 4.78 is 0. The Morgan fingerprint density at radius 2 is 1.16 bits per heavy atom. The Kier molecular flexibility index (Phi) is 11.8. The molecular weight excluding hydrogens is 622 g/mol. The molecule has 2 aromatic heterocycles. The van der Waals surface area contributed by atoms with E-state index in [1.807, 2.05) is 85.1 Å². The number of aliphatic carboxylic acids is 1. The van der Waals surface area contributed by atoms with Gasteiger partial charge in [-0.2, -0.15) is 0 Å². The zero-order valence-electron chi connectivity index (χ0n) is 27.2. The first-order valence-electron chi connectivity index (χ1n) is 16.5. The lowest BCUT2D eigenvalue weighted by Gasteiger charge is -2.25. The molecule has 0 fully saturated rings. The smallest absolute Gasteiger partial charge is 0.326 e. The SMILES string of the molecule is NCCCCC(NC(=O)C(Cc1ccccc1)NC(=O)C(N)Cc1c[nH]c2ccccc12)C(=O)NC(Cc1c[nH]c2ccccc12)C(=O)O. The van der Waals surface area contributed by atoms with Crippen molar-refractivity contribution in [3.63, 3.8) is 0 Å². The summed E-state index contributed by atoms with van der Waals surface area (Å²) in [5.74, 6) is -2.95. The zero-order valence-corrected chi connectivity index (χ0v) is 27.2. The molecule has 3 amide bonds. The molecule has 12 heteroatoms. The summed E-state index contributed by atoms with van der Waals surface area (Å²) in [6.07, 6.45) is 5.31. The number of hydrogen-bond donors (Lipinski definition) is 8. The van der Waals surface area contributed by atoms with Gasteiger partial charge in [-0.05, 0) is 61.1 Å². The number of amides is 3. The number of nitrogens with two attached hydrogens (primary N) is 2. The molecule has 4 unspecified atom stereocenters. The summed E-state index contributed by atoms with van der Waals surface area (Å²) in [7, 11) is 0. The lowest BCUT2D eigenvalue weighted by molar-refractivity contribution is -0.142. The largest absolute Gasteiger partial charge is 0.480 e. The molecule has 0 bridgehead atoms. The maximum absolute atomic E-state index is 13.9. The van der Waals surface area contributed by atoms with E-state index in [0.717, 1.165) is 38.5 Å². The van der Waals surface area contributed by atoms with Crippen LogP contribution in [0, 0.1) is 0 Å². The molecule has 10 N–H and O–H groups in total. The predicted molar refractivity (Wildman–Crippen MR) is 188 cm³/mol. The molecule has 0 aliphatic rings. The zero-order chi connectivity index (χ0) is 34.8. The van der Waals surface area contributed by atoms with Gasteiger partial charge in [0.25, 0.3) is 0 Å². The van der Waals surface area contributed by atoms with Gasteiger partial charge in [0.15, 0.2) is 0 Å². The van der Waals surface area contributed by atoms with E-state index in [1.54, 1.807) is 6.20 Å². The molecule has 12 nitrogen and oxygen atoms in total. The lowest BCUT2D eigenvalue weighted by Crippen LogP contribution is -2.58. The topological polar surface area (TPSA) is 208 Å². The molecule has 0 radical (unpaired) electrons. The van der Waals surface area contributed by atoms with E-state index in [4.69, 9.17) is 11.5 Å². The number of H-pyrrole nitrogens is 2. The fourth-order valence-corrected chi connectivity index (χ4v) is 5.99. The van der Waals surface area contributed by atoms with E-state index in [-0.39, 0.29) is 25.7 Å². The van der Waals surface area contributed by atoms with E-state index in [2.05, 4.69) is 25.9 Å². The number of benzene rings is 3. The van der Waals surface area contributed by atoms with E-state index < -0.39 is 47.9 Å². The number of unbranched alkanes of at least 4 members (excludes halogenated alkanes) is 1. The standard InChI is InChI=1S/C37H43N7O5/c38-17-9-8-16-31(35(46)44-33(37(48)49)20-25-22-41-30-15-7-5-13-27(25)30)42-36(47)32(18-23-10-2-1-3-11-23)43-34(45)28(39)19-24-21-40-29-14-6-4-12-26(24)29/h1-7,10-15,21-22,28,31-33,40-41H,8-9,16-20,38-39H2,(H,42,47)(H,43,45)(H,44,46)(H,48,49). The Morgan fingerprint density at radius 3 is 1.78 bits per heavy atom. The first kappa shape index (κ1) is 34.9. The molecule has 2 heterocycles. The summed E-state index contributed by atoms with van der Waals surface area (Å²) in [6.45, 7) is 0.390.